The van der Waals surface area contributed by atoms with Crippen molar-refractivity contribution in [3.05, 3.63) is 42.2 Å². The molecule has 1 fully saturated rings. The molecule has 7 nitrogen and oxygen atoms in total. The maximum atomic E-state index is 13.8. The quantitative estimate of drug-likeness (QED) is 0.749. The molecule has 1 saturated heterocycles. The maximum absolute atomic E-state index is 13.8. The zero-order valence-corrected chi connectivity index (χ0v) is 15.0. The number of aromatic nitrogens is 3. The van der Waals surface area contributed by atoms with Crippen LogP contribution in [0, 0.1) is 5.82 Å². The molecule has 8 heteroatoms. The van der Waals surface area contributed by atoms with Gasteiger partial charge in [-0.3, -0.25) is 14.4 Å². The summed E-state index contributed by atoms with van der Waals surface area (Å²) >= 11 is 0. The second-order valence-electron chi connectivity index (χ2n) is 6.39. The molecule has 1 aliphatic rings. The van der Waals surface area contributed by atoms with Gasteiger partial charge in [0.1, 0.15) is 12.7 Å². The number of piperazine rings is 1. The Morgan fingerprint density at radius 1 is 1.27 bits per heavy atom. The predicted molar refractivity (Wildman–Crippen MR) is 94.1 cm³/mol. The number of methoxy groups -OCH3 is 1. The third-order valence-corrected chi connectivity index (χ3v) is 4.59. The molecule has 0 bridgehead atoms. The molecule has 0 aliphatic carbocycles. The zero-order chi connectivity index (χ0) is 18.4. The summed E-state index contributed by atoms with van der Waals surface area (Å²) in [5, 5.41) is 4.03. The number of carbonyl (C=O) groups is 1. The van der Waals surface area contributed by atoms with Crippen LogP contribution in [0.1, 0.15) is 18.4 Å². The highest BCUT2D eigenvalue weighted by atomic mass is 19.1. The summed E-state index contributed by atoms with van der Waals surface area (Å²) in [6, 6.07) is 5.05. The SMILES string of the molecule is COc1ccc(CN2CCN(C(=O)CCCn3cncn3)CC2)cc1F. The van der Waals surface area contributed by atoms with E-state index in [1.807, 2.05) is 11.0 Å². The standard InChI is InChI=1S/C18H24FN5O2/c1-26-17-5-4-15(11-16(17)19)12-22-7-9-23(10-8-22)18(25)3-2-6-24-14-20-13-21-24/h4-5,11,13-14H,2-3,6-10,12H2,1H3. The Morgan fingerprint density at radius 2 is 2.08 bits per heavy atom. The van der Waals surface area contributed by atoms with E-state index in [4.69, 9.17) is 4.74 Å². The molecule has 3 rings (SSSR count). The monoisotopic (exact) mass is 361 g/mol. The number of hydrogen-bond donors (Lipinski definition) is 0. The highest BCUT2D eigenvalue weighted by molar-refractivity contribution is 5.76. The number of nitrogens with zero attached hydrogens (tertiary/aromatic N) is 5. The third kappa shape index (κ3) is 4.78. The molecule has 2 aromatic rings. The van der Waals surface area contributed by atoms with Gasteiger partial charge in [0.2, 0.25) is 5.91 Å². The van der Waals surface area contributed by atoms with E-state index in [-0.39, 0.29) is 17.5 Å². The van der Waals surface area contributed by atoms with Gasteiger partial charge in [-0.1, -0.05) is 6.07 Å². The number of amides is 1. The van der Waals surface area contributed by atoms with Gasteiger partial charge < -0.3 is 9.64 Å². The predicted octanol–water partition coefficient (Wildman–Crippen LogP) is 1.55. The lowest BCUT2D eigenvalue weighted by atomic mass is 10.1. The molecule has 0 saturated carbocycles. The Kier molecular flexibility index (Phi) is 6.17. The first-order chi connectivity index (χ1) is 12.7. The van der Waals surface area contributed by atoms with Gasteiger partial charge in [-0.05, 0) is 24.1 Å². The van der Waals surface area contributed by atoms with Crippen LogP contribution in [0.4, 0.5) is 4.39 Å². The molecule has 1 aromatic carbocycles. The Hall–Kier alpha value is -2.48. The van der Waals surface area contributed by atoms with Crippen LogP contribution >= 0.6 is 0 Å². The van der Waals surface area contributed by atoms with Crippen LogP contribution in [0.2, 0.25) is 0 Å². The lowest BCUT2D eigenvalue weighted by molar-refractivity contribution is -0.133. The molecule has 0 N–H and O–H groups in total. The molecule has 1 aliphatic heterocycles. The van der Waals surface area contributed by atoms with Gasteiger partial charge in [-0.2, -0.15) is 5.10 Å². The molecular formula is C18H24FN5O2. The van der Waals surface area contributed by atoms with Crippen LogP contribution in [0.3, 0.4) is 0 Å². The summed E-state index contributed by atoms with van der Waals surface area (Å²) in [5.41, 5.74) is 0.913. The first kappa shape index (κ1) is 18.3. The Balaban J connectivity index is 1.40. The number of carbonyl (C=O) groups excluding carboxylic acids is 1. The third-order valence-electron chi connectivity index (χ3n) is 4.59. The highest BCUT2D eigenvalue weighted by Crippen LogP contribution is 2.19. The topological polar surface area (TPSA) is 63.5 Å². The van der Waals surface area contributed by atoms with Gasteiger partial charge in [-0.15, -0.1) is 0 Å². The molecule has 26 heavy (non-hydrogen) atoms. The minimum absolute atomic E-state index is 0.181. The second-order valence-corrected chi connectivity index (χ2v) is 6.39. The van der Waals surface area contributed by atoms with Crippen LogP contribution in [0.25, 0.3) is 0 Å². The smallest absolute Gasteiger partial charge is 0.222 e. The van der Waals surface area contributed by atoms with E-state index < -0.39 is 0 Å². The van der Waals surface area contributed by atoms with Crippen molar-refractivity contribution >= 4 is 5.91 Å². The highest BCUT2D eigenvalue weighted by Gasteiger charge is 2.21. The van der Waals surface area contributed by atoms with E-state index >= 15 is 0 Å². The van der Waals surface area contributed by atoms with E-state index in [1.165, 1.54) is 19.5 Å². The first-order valence-corrected chi connectivity index (χ1v) is 8.80. The van der Waals surface area contributed by atoms with E-state index in [1.54, 1.807) is 17.1 Å². The van der Waals surface area contributed by atoms with E-state index in [0.717, 1.165) is 25.1 Å². The normalized spacial score (nSPS) is 15.2. The summed E-state index contributed by atoms with van der Waals surface area (Å²) < 4.78 is 20.5. The number of rotatable bonds is 7. The molecule has 0 spiro atoms. The average Bonchev–Trinajstić information content (AvgIpc) is 3.16. The minimum atomic E-state index is -0.341. The van der Waals surface area contributed by atoms with E-state index in [2.05, 4.69) is 15.0 Å². The van der Waals surface area contributed by atoms with Gasteiger partial charge in [0, 0.05) is 45.7 Å². The summed E-state index contributed by atoms with van der Waals surface area (Å²) in [6.45, 7) is 4.39. The summed E-state index contributed by atoms with van der Waals surface area (Å²) in [6.07, 6.45) is 4.43. The number of halogens is 1. The van der Waals surface area contributed by atoms with Gasteiger partial charge in [0.25, 0.3) is 0 Å². The Bertz CT molecular complexity index is 714. The van der Waals surface area contributed by atoms with Crippen molar-refractivity contribution in [1.82, 2.24) is 24.6 Å². The first-order valence-electron chi connectivity index (χ1n) is 8.80. The van der Waals surface area contributed by atoms with Crippen LogP contribution in [0.15, 0.2) is 30.9 Å². The summed E-state index contributed by atoms with van der Waals surface area (Å²) in [7, 11) is 1.46. The van der Waals surface area contributed by atoms with Crippen LogP contribution in [-0.2, 0) is 17.9 Å². The van der Waals surface area contributed by atoms with Crippen molar-refractivity contribution in [1.29, 1.82) is 0 Å². The fourth-order valence-electron chi connectivity index (χ4n) is 3.12. The number of benzene rings is 1. The fourth-order valence-corrected chi connectivity index (χ4v) is 3.12. The van der Waals surface area contributed by atoms with Crippen LogP contribution < -0.4 is 4.74 Å². The second kappa shape index (κ2) is 8.75. The largest absolute Gasteiger partial charge is 0.494 e. The zero-order valence-electron chi connectivity index (χ0n) is 15.0. The van der Waals surface area contributed by atoms with Crippen LogP contribution in [-0.4, -0.2) is 63.8 Å². The van der Waals surface area contributed by atoms with Gasteiger partial charge in [-0.25, -0.2) is 9.37 Å². The Morgan fingerprint density at radius 3 is 2.73 bits per heavy atom. The van der Waals surface area contributed by atoms with Crippen LogP contribution in [0.5, 0.6) is 5.75 Å². The molecule has 140 valence electrons. The number of aryl methyl sites for hydroxylation is 1. The molecular weight excluding hydrogens is 337 g/mol. The van der Waals surface area contributed by atoms with E-state index in [9.17, 15) is 9.18 Å². The maximum Gasteiger partial charge on any atom is 0.222 e. The Labute approximate surface area is 152 Å². The van der Waals surface area contributed by atoms with Crippen molar-refractivity contribution in [2.24, 2.45) is 0 Å². The molecule has 1 aromatic heterocycles. The summed E-state index contributed by atoms with van der Waals surface area (Å²) in [5.74, 6) is 0.0986. The van der Waals surface area contributed by atoms with E-state index in [0.29, 0.717) is 32.6 Å². The number of hydrogen-bond acceptors (Lipinski definition) is 5. The van der Waals surface area contributed by atoms with Gasteiger partial charge in [0.05, 0.1) is 7.11 Å². The molecule has 0 unspecified atom stereocenters. The molecule has 1 amide bonds. The van der Waals surface area contributed by atoms with Crippen molar-refractivity contribution in [2.75, 3.05) is 33.3 Å². The van der Waals surface area contributed by atoms with Crippen molar-refractivity contribution < 1.29 is 13.9 Å². The average molecular weight is 361 g/mol. The van der Waals surface area contributed by atoms with Crippen molar-refractivity contribution in [2.45, 2.75) is 25.9 Å². The molecule has 2 heterocycles. The van der Waals surface area contributed by atoms with Gasteiger partial charge >= 0.3 is 0 Å². The van der Waals surface area contributed by atoms with Crippen molar-refractivity contribution in [3.63, 3.8) is 0 Å². The minimum Gasteiger partial charge on any atom is -0.494 e. The molecule has 0 radical (unpaired) electrons. The van der Waals surface area contributed by atoms with Crippen molar-refractivity contribution in [3.8, 4) is 5.75 Å². The van der Waals surface area contributed by atoms with Gasteiger partial charge in [0.15, 0.2) is 11.6 Å². The number of ether oxygens (including phenoxy) is 1. The lowest BCUT2D eigenvalue weighted by Gasteiger charge is -2.34. The fraction of sp³-hybridized carbons (Fsp3) is 0.500. The molecule has 0 atom stereocenters. The lowest BCUT2D eigenvalue weighted by Crippen LogP contribution is -2.48. The summed E-state index contributed by atoms with van der Waals surface area (Å²) in [4.78, 5) is 20.3.